The molecule has 1 aliphatic rings. The number of hydrogen-bond donors (Lipinski definition) is 1. The normalized spacial score (nSPS) is 18.4. The zero-order valence-electron chi connectivity index (χ0n) is 12.6. The molecule has 1 saturated heterocycles. The lowest BCUT2D eigenvalue weighted by molar-refractivity contribution is -0.0769. The Morgan fingerprint density at radius 2 is 1.85 bits per heavy atom. The van der Waals surface area contributed by atoms with Gasteiger partial charge in [-0.2, -0.15) is 0 Å². The average Bonchev–Trinajstić information content (AvgIpc) is 2.45. The molecule has 0 aliphatic carbocycles. The van der Waals surface area contributed by atoms with Crippen LogP contribution in [0.3, 0.4) is 0 Å². The van der Waals surface area contributed by atoms with E-state index in [-0.39, 0.29) is 0 Å². The van der Waals surface area contributed by atoms with E-state index in [4.69, 9.17) is 4.74 Å². The Kier molecular flexibility index (Phi) is 6.02. The van der Waals surface area contributed by atoms with Crippen molar-refractivity contribution in [3.63, 3.8) is 0 Å². The van der Waals surface area contributed by atoms with Gasteiger partial charge >= 0.3 is 0 Å². The van der Waals surface area contributed by atoms with E-state index in [0.29, 0.717) is 13.2 Å². The summed E-state index contributed by atoms with van der Waals surface area (Å²) in [6.07, 6.45) is 5.06. The maximum atomic E-state index is 10.5. The number of aliphatic hydroxyl groups is 1. The lowest BCUT2D eigenvalue weighted by Gasteiger charge is -2.35. The van der Waals surface area contributed by atoms with Gasteiger partial charge in [0.1, 0.15) is 0 Å². The summed E-state index contributed by atoms with van der Waals surface area (Å²) >= 11 is 0. The Morgan fingerprint density at radius 1 is 1.15 bits per heavy atom. The summed E-state index contributed by atoms with van der Waals surface area (Å²) < 4.78 is 5.32. The van der Waals surface area contributed by atoms with Crippen molar-refractivity contribution in [1.82, 2.24) is 4.90 Å². The van der Waals surface area contributed by atoms with Crippen molar-refractivity contribution >= 4 is 0 Å². The first-order chi connectivity index (χ1) is 9.68. The molecule has 0 atom stereocenters. The van der Waals surface area contributed by atoms with Gasteiger partial charge in [-0.25, -0.2) is 0 Å². The van der Waals surface area contributed by atoms with Crippen molar-refractivity contribution in [1.29, 1.82) is 0 Å². The molecule has 0 amide bonds. The number of unbranched alkanes of at least 4 members (excludes halogenated alkanes) is 1. The molecule has 0 bridgehead atoms. The number of nitrogens with zero attached hydrogens (tertiary/aromatic N) is 1. The Bertz CT molecular complexity index is 374. The molecule has 1 fully saturated rings. The number of benzene rings is 1. The number of hydrogen-bond acceptors (Lipinski definition) is 3. The van der Waals surface area contributed by atoms with Crippen molar-refractivity contribution in [3.05, 3.63) is 35.9 Å². The Balaban J connectivity index is 1.61. The van der Waals surface area contributed by atoms with Crippen LogP contribution < -0.4 is 0 Å². The van der Waals surface area contributed by atoms with Gasteiger partial charge in [-0.15, -0.1) is 0 Å². The first-order valence-electron chi connectivity index (χ1n) is 7.71. The summed E-state index contributed by atoms with van der Waals surface area (Å²) in [5.41, 5.74) is 0.880. The van der Waals surface area contributed by atoms with Crippen LogP contribution in [0.4, 0.5) is 0 Å². The molecular weight excluding hydrogens is 250 g/mol. The first-order valence-corrected chi connectivity index (χ1v) is 7.71. The summed E-state index contributed by atoms with van der Waals surface area (Å²) in [5, 5.41) is 10.5. The third kappa shape index (κ3) is 5.23. The SMILES string of the molecule is CN(CCCCc1ccccc1)CC1(O)CCOCC1. The van der Waals surface area contributed by atoms with Gasteiger partial charge in [-0.1, -0.05) is 30.3 Å². The summed E-state index contributed by atoms with van der Waals surface area (Å²) in [5.74, 6) is 0. The smallest absolute Gasteiger partial charge is 0.0817 e. The number of likely N-dealkylation sites (N-methyl/N-ethyl adjacent to an activating group) is 1. The predicted molar refractivity (Wildman–Crippen MR) is 81.9 cm³/mol. The van der Waals surface area contributed by atoms with E-state index in [1.54, 1.807) is 0 Å². The van der Waals surface area contributed by atoms with E-state index in [2.05, 4.69) is 42.3 Å². The van der Waals surface area contributed by atoms with Gasteiger partial charge in [-0.3, -0.25) is 0 Å². The number of ether oxygens (including phenoxy) is 1. The van der Waals surface area contributed by atoms with Gasteiger partial charge in [0.25, 0.3) is 0 Å². The molecule has 0 spiro atoms. The first kappa shape index (κ1) is 15.5. The predicted octanol–water partition coefficient (Wildman–Crippen LogP) is 2.48. The zero-order chi connectivity index (χ0) is 14.3. The molecule has 2 rings (SSSR count). The van der Waals surface area contributed by atoms with Crippen molar-refractivity contribution in [2.24, 2.45) is 0 Å². The molecule has 20 heavy (non-hydrogen) atoms. The molecular formula is C17H27NO2. The second-order valence-corrected chi connectivity index (χ2v) is 6.02. The summed E-state index contributed by atoms with van der Waals surface area (Å²) in [6.45, 7) is 3.20. The number of aryl methyl sites for hydroxylation is 1. The summed E-state index contributed by atoms with van der Waals surface area (Å²) in [4.78, 5) is 2.26. The molecule has 1 heterocycles. The van der Waals surface area contributed by atoms with E-state index in [9.17, 15) is 5.11 Å². The lowest BCUT2D eigenvalue weighted by Crippen LogP contribution is -2.45. The van der Waals surface area contributed by atoms with Gasteiger partial charge in [0, 0.05) is 32.6 Å². The lowest BCUT2D eigenvalue weighted by atomic mass is 9.94. The highest BCUT2D eigenvalue weighted by Crippen LogP contribution is 2.21. The van der Waals surface area contributed by atoms with Crippen LogP contribution in [0.25, 0.3) is 0 Å². The molecule has 0 saturated carbocycles. The zero-order valence-corrected chi connectivity index (χ0v) is 12.6. The Hall–Kier alpha value is -0.900. The molecule has 0 aromatic heterocycles. The van der Waals surface area contributed by atoms with Gasteiger partial charge in [0.15, 0.2) is 0 Å². The minimum absolute atomic E-state index is 0.535. The maximum absolute atomic E-state index is 10.5. The van der Waals surface area contributed by atoms with Crippen LogP contribution in [0.15, 0.2) is 30.3 Å². The topological polar surface area (TPSA) is 32.7 Å². The monoisotopic (exact) mass is 277 g/mol. The minimum Gasteiger partial charge on any atom is -0.388 e. The maximum Gasteiger partial charge on any atom is 0.0817 e. The van der Waals surface area contributed by atoms with Gasteiger partial charge in [0.05, 0.1) is 5.60 Å². The Labute approximate surface area is 122 Å². The molecule has 1 N–H and O–H groups in total. The molecule has 0 radical (unpaired) electrons. The highest BCUT2D eigenvalue weighted by atomic mass is 16.5. The van der Waals surface area contributed by atoms with Gasteiger partial charge in [-0.05, 0) is 38.4 Å². The second kappa shape index (κ2) is 7.77. The molecule has 112 valence electrons. The van der Waals surface area contributed by atoms with Crippen LogP contribution >= 0.6 is 0 Å². The van der Waals surface area contributed by atoms with Crippen molar-refractivity contribution in [2.75, 3.05) is 33.4 Å². The third-order valence-electron chi connectivity index (χ3n) is 4.09. The largest absolute Gasteiger partial charge is 0.388 e. The van der Waals surface area contributed by atoms with Crippen LogP contribution in [-0.2, 0) is 11.2 Å². The fourth-order valence-corrected chi connectivity index (χ4v) is 2.85. The van der Waals surface area contributed by atoms with Crippen molar-refractivity contribution in [2.45, 2.75) is 37.7 Å². The van der Waals surface area contributed by atoms with E-state index < -0.39 is 5.60 Å². The van der Waals surface area contributed by atoms with Crippen LogP contribution in [0.2, 0.25) is 0 Å². The van der Waals surface area contributed by atoms with Crippen LogP contribution in [0.5, 0.6) is 0 Å². The standard InChI is InChI=1S/C17H27NO2/c1-18(15-17(19)10-13-20-14-11-17)12-6-5-9-16-7-3-2-4-8-16/h2-4,7-8,19H,5-6,9-15H2,1H3. The van der Waals surface area contributed by atoms with Crippen molar-refractivity contribution in [3.8, 4) is 0 Å². The van der Waals surface area contributed by atoms with E-state index in [1.807, 2.05) is 0 Å². The van der Waals surface area contributed by atoms with E-state index >= 15 is 0 Å². The van der Waals surface area contributed by atoms with Crippen LogP contribution in [-0.4, -0.2) is 49.0 Å². The quantitative estimate of drug-likeness (QED) is 0.777. The summed E-state index contributed by atoms with van der Waals surface area (Å²) in [6, 6.07) is 10.6. The minimum atomic E-state index is -0.535. The number of rotatable bonds is 7. The average molecular weight is 277 g/mol. The van der Waals surface area contributed by atoms with E-state index in [1.165, 1.54) is 18.4 Å². The Morgan fingerprint density at radius 3 is 2.55 bits per heavy atom. The van der Waals surface area contributed by atoms with Gasteiger partial charge < -0.3 is 14.7 Å². The van der Waals surface area contributed by atoms with E-state index in [0.717, 1.165) is 32.4 Å². The molecule has 3 nitrogen and oxygen atoms in total. The highest BCUT2D eigenvalue weighted by molar-refractivity contribution is 5.14. The second-order valence-electron chi connectivity index (χ2n) is 6.02. The van der Waals surface area contributed by atoms with Crippen LogP contribution in [0, 0.1) is 0 Å². The highest BCUT2D eigenvalue weighted by Gasteiger charge is 2.30. The molecule has 3 heteroatoms. The van der Waals surface area contributed by atoms with Gasteiger partial charge in [0.2, 0.25) is 0 Å². The molecule has 1 aromatic carbocycles. The molecule has 1 aliphatic heterocycles. The summed E-state index contributed by atoms with van der Waals surface area (Å²) in [7, 11) is 2.11. The molecule has 0 unspecified atom stereocenters. The third-order valence-corrected chi connectivity index (χ3v) is 4.09. The fraction of sp³-hybridized carbons (Fsp3) is 0.647. The van der Waals surface area contributed by atoms with Crippen molar-refractivity contribution < 1.29 is 9.84 Å². The fourth-order valence-electron chi connectivity index (χ4n) is 2.85. The molecule has 1 aromatic rings. The van der Waals surface area contributed by atoms with Crippen LogP contribution in [0.1, 0.15) is 31.2 Å².